The highest BCUT2D eigenvalue weighted by Gasteiger charge is 2.27. The molecule has 0 amide bonds. The lowest BCUT2D eigenvalue weighted by molar-refractivity contribution is 0.0523. The number of carbonyl (C=O) groups excluding carboxylic acids is 1. The van der Waals surface area contributed by atoms with E-state index >= 15 is 0 Å². The lowest BCUT2D eigenvalue weighted by Crippen LogP contribution is -2.10. The highest BCUT2D eigenvalue weighted by Crippen LogP contribution is 2.40. The van der Waals surface area contributed by atoms with Crippen molar-refractivity contribution in [3.63, 3.8) is 0 Å². The third kappa shape index (κ3) is 3.94. The predicted octanol–water partition coefficient (Wildman–Crippen LogP) is 5.86. The van der Waals surface area contributed by atoms with Crippen LogP contribution < -0.4 is 4.74 Å². The first-order chi connectivity index (χ1) is 15.5. The van der Waals surface area contributed by atoms with Crippen LogP contribution in [0.1, 0.15) is 17.3 Å². The van der Waals surface area contributed by atoms with Gasteiger partial charge in [0.25, 0.3) is 0 Å². The van der Waals surface area contributed by atoms with Crippen molar-refractivity contribution in [1.82, 2.24) is 14.8 Å². The Balaban J connectivity index is 2.05. The van der Waals surface area contributed by atoms with Gasteiger partial charge in [0.05, 0.1) is 24.8 Å². The van der Waals surface area contributed by atoms with Crippen LogP contribution in [0, 0.1) is 0 Å². The minimum atomic E-state index is -0.416. The Bertz CT molecular complexity index is 1290. The van der Waals surface area contributed by atoms with Crippen molar-refractivity contribution >= 4 is 40.4 Å². The number of hydrogen-bond acceptors (Lipinski definition) is 6. The Morgan fingerprint density at radius 1 is 1.06 bits per heavy atom. The second-order valence-corrected chi connectivity index (χ2v) is 8.25. The maximum absolute atomic E-state index is 13.1. The normalized spacial score (nSPS) is 11.0. The molecule has 8 heteroatoms. The molecule has 0 aliphatic heterocycles. The number of esters is 1. The van der Waals surface area contributed by atoms with E-state index in [1.54, 1.807) is 30.8 Å². The van der Waals surface area contributed by atoms with Crippen molar-refractivity contribution < 1.29 is 14.3 Å². The summed E-state index contributed by atoms with van der Waals surface area (Å²) in [5, 5.41) is 6.17. The van der Waals surface area contributed by atoms with Gasteiger partial charge in [-0.2, -0.15) is 5.10 Å². The van der Waals surface area contributed by atoms with E-state index in [0.29, 0.717) is 21.9 Å². The quantitative estimate of drug-likeness (QED) is 0.261. The van der Waals surface area contributed by atoms with Crippen LogP contribution in [0.4, 0.5) is 0 Å². The molecule has 4 aromatic rings. The summed E-state index contributed by atoms with van der Waals surface area (Å²) in [4.78, 5) is 18.8. The number of nitrogens with zero attached hydrogens (tertiary/aromatic N) is 3. The van der Waals surface area contributed by atoms with E-state index in [9.17, 15) is 4.79 Å². The van der Waals surface area contributed by atoms with Crippen molar-refractivity contribution in [2.75, 3.05) is 20.0 Å². The zero-order valence-electron chi connectivity index (χ0n) is 18.2. The minimum absolute atomic E-state index is 0.267. The SMILES string of the molecule is CCOC(=O)c1c(-c2ccc(Cl)cc2)nc2c(c(-c3ccc(OC)cc3)nn2C)c1SC. The Hall–Kier alpha value is -3.03. The van der Waals surface area contributed by atoms with E-state index in [0.717, 1.165) is 32.9 Å². The molecule has 0 atom stereocenters. The van der Waals surface area contributed by atoms with Crippen molar-refractivity contribution in [3.05, 3.63) is 59.1 Å². The van der Waals surface area contributed by atoms with Crippen LogP contribution in [-0.2, 0) is 11.8 Å². The van der Waals surface area contributed by atoms with E-state index in [1.165, 1.54) is 11.8 Å². The van der Waals surface area contributed by atoms with E-state index in [2.05, 4.69) is 0 Å². The van der Waals surface area contributed by atoms with Crippen LogP contribution in [0.5, 0.6) is 5.75 Å². The molecular weight excluding hydrogens is 446 g/mol. The molecule has 4 rings (SSSR count). The summed E-state index contributed by atoms with van der Waals surface area (Å²) in [6.45, 7) is 2.06. The van der Waals surface area contributed by atoms with Crippen molar-refractivity contribution in [3.8, 4) is 28.3 Å². The molecule has 2 heterocycles. The number of aromatic nitrogens is 3. The van der Waals surface area contributed by atoms with E-state index < -0.39 is 5.97 Å². The summed E-state index contributed by atoms with van der Waals surface area (Å²) in [6.07, 6.45) is 1.94. The number of pyridine rings is 1. The van der Waals surface area contributed by atoms with Gasteiger partial charge < -0.3 is 9.47 Å². The summed E-state index contributed by atoms with van der Waals surface area (Å²) in [7, 11) is 3.48. The lowest BCUT2D eigenvalue weighted by Gasteiger charge is -2.14. The zero-order valence-corrected chi connectivity index (χ0v) is 19.8. The molecule has 0 unspecified atom stereocenters. The van der Waals surface area contributed by atoms with Crippen LogP contribution in [0.2, 0.25) is 5.02 Å². The Morgan fingerprint density at radius 2 is 1.69 bits per heavy atom. The number of benzene rings is 2. The van der Waals surface area contributed by atoms with E-state index in [1.807, 2.05) is 49.7 Å². The number of rotatable bonds is 6. The topological polar surface area (TPSA) is 66.2 Å². The first-order valence-corrected chi connectivity index (χ1v) is 11.6. The lowest BCUT2D eigenvalue weighted by atomic mass is 10.0. The molecule has 0 saturated carbocycles. The first kappa shape index (κ1) is 22.2. The molecule has 0 spiro atoms. The number of fused-ring (bicyclic) bond motifs is 1. The fraction of sp³-hybridized carbons (Fsp3) is 0.208. The largest absolute Gasteiger partial charge is 0.497 e. The van der Waals surface area contributed by atoms with Gasteiger partial charge in [0, 0.05) is 28.1 Å². The van der Waals surface area contributed by atoms with Gasteiger partial charge in [-0.05, 0) is 49.6 Å². The van der Waals surface area contributed by atoms with Crippen LogP contribution in [0.15, 0.2) is 53.4 Å². The third-order valence-electron chi connectivity index (χ3n) is 5.09. The summed E-state index contributed by atoms with van der Waals surface area (Å²) in [5.74, 6) is 0.343. The van der Waals surface area contributed by atoms with E-state index in [-0.39, 0.29) is 6.61 Å². The van der Waals surface area contributed by atoms with Crippen molar-refractivity contribution in [2.24, 2.45) is 7.05 Å². The summed E-state index contributed by atoms with van der Waals surface area (Å²) < 4.78 is 12.4. The maximum atomic E-state index is 13.1. The van der Waals surface area contributed by atoms with Crippen LogP contribution >= 0.6 is 23.4 Å². The molecule has 164 valence electrons. The van der Waals surface area contributed by atoms with Gasteiger partial charge in [-0.15, -0.1) is 11.8 Å². The molecule has 2 aromatic carbocycles. The Labute approximate surface area is 195 Å². The maximum Gasteiger partial charge on any atom is 0.341 e. The first-order valence-electron chi connectivity index (χ1n) is 10.0. The smallest absolute Gasteiger partial charge is 0.341 e. The molecule has 0 fully saturated rings. The predicted molar refractivity (Wildman–Crippen MR) is 129 cm³/mol. The molecule has 0 bridgehead atoms. The molecule has 0 radical (unpaired) electrons. The highest BCUT2D eigenvalue weighted by atomic mass is 35.5. The third-order valence-corrected chi connectivity index (χ3v) is 6.16. The number of methoxy groups -OCH3 is 1. The van der Waals surface area contributed by atoms with Crippen LogP contribution in [-0.4, -0.2) is 40.7 Å². The van der Waals surface area contributed by atoms with Crippen molar-refractivity contribution in [2.45, 2.75) is 11.8 Å². The number of thioether (sulfide) groups is 1. The minimum Gasteiger partial charge on any atom is -0.497 e. The summed E-state index contributed by atoms with van der Waals surface area (Å²) in [6, 6.07) is 14.9. The van der Waals surface area contributed by atoms with Gasteiger partial charge in [-0.3, -0.25) is 0 Å². The summed E-state index contributed by atoms with van der Waals surface area (Å²) in [5.41, 5.74) is 4.08. The molecular formula is C24H22ClN3O3S. The van der Waals surface area contributed by atoms with E-state index in [4.69, 9.17) is 31.2 Å². The molecule has 2 aromatic heterocycles. The highest BCUT2D eigenvalue weighted by molar-refractivity contribution is 7.99. The van der Waals surface area contributed by atoms with Gasteiger partial charge in [0.2, 0.25) is 0 Å². The van der Waals surface area contributed by atoms with Crippen LogP contribution in [0.25, 0.3) is 33.5 Å². The average Bonchev–Trinajstić information content (AvgIpc) is 3.14. The molecule has 0 aliphatic carbocycles. The molecule has 0 saturated heterocycles. The number of hydrogen-bond donors (Lipinski definition) is 0. The van der Waals surface area contributed by atoms with Gasteiger partial charge in [-0.1, -0.05) is 23.7 Å². The number of aryl methyl sites for hydroxylation is 1. The second-order valence-electron chi connectivity index (χ2n) is 7.00. The molecule has 0 aliphatic rings. The zero-order chi connectivity index (χ0) is 22.8. The van der Waals surface area contributed by atoms with Gasteiger partial charge >= 0.3 is 5.97 Å². The van der Waals surface area contributed by atoms with Gasteiger partial charge in [0.15, 0.2) is 5.65 Å². The van der Waals surface area contributed by atoms with Crippen molar-refractivity contribution in [1.29, 1.82) is 0 Å². The summed E-state index contributed by atoms with van der Waals surface area (Å²) >= 11 is 7.56. The molecule has 32 heavy (non-hydrogen) atoms. The molecule has 6 nitrogen and oxygen atoms in total. The average molecular weight is 468 g/mol. The van der Waals surface area contributed by atoms with Gasteiger partial charge in [0.1, 0.15) is 17.0 Å². The molecule has 0 N–H and O–H groups in total. The fourth-order valence-corrected chi connectivity index (χ4v) is 4.51. The van der Waals surface area contributed by atoms with Gasteiger partial charge in [-0.25, -0.2) is 14.5 Å². The fourth-order valence-electron chi connectivity index (χ4n) is 3.61. The Morgan fingerprint density at radius 3 is 2.28 bits per heavy atom. The number of ether oxygens (including phenoxy) is 2. The second kappa shape index (κ2) is 9.22. The standard InChI is InChI=1S/C24H22ClN3O3S/c1-5-31-24(29)19-20(14-6-10-16(25)11-7-14)26-23-18(22(19)32-4)21(27-28(23)2)15-8-12-17(30-3)13-9-15/h6-13H,5H2,1-4H3. The Kier molecular flexibility index (Phi) is 6.39. The monoisotopic (exact) mass is 467 g/mol. The number of carbonyl (C=O) groups is 1. The number of halogens is 1. The van der Waals surface area contributed by atoms with Crippen LogP contribution in [0.3, 0.4) is 0 Å².